The molecule has 1 aliphatic rings. The van der Waals surface area contributed by atoms with E-state index in [1.807, 2.05) is 0 Å². The molecule has 1 heterocycles. The second kappa shape index (κ2) is 5.96. The minimum atomic E-state index is -0.641. The third-order valence-electron chi connectivity index (χ3n) is 1.91. The molecule has 0 spiro atoms. The lowest BCUT2D eigenvalue weighted by atomic mass is 10.1. The SMILES string of the molecule is [B]NPOC(=O)NC(=N)[C@@H]1CCNC1. The highest BCUT2D eigenvalue weighted by Crippen LogP contribution is 2.08. The molecule has 2 atom stereocenters. The minimum Gasteiger partial charge on any atom is -0.416 e. The highest BCUT2D eigenvalue weighted by molar-refractivity contribution is 7.32. The maximum Gasteiger partial charge on any atom is 0.416 e. The maximum atomic E-state index is 11.0. The van der Waals surface area contributed by atoms with Crippen LogP contribution in [-0.4, -0.2) is 33.0 Å². The van der Waals surface area contributed by atoms with Crippen LogP contribution in [0.3, 0.4) is 0 Å². The molecule has 2 radical (unpaired) electrons. The largest absolute Gasteiger partial charge is 0.416 e. The molecule has 1 amide bonds. The van der Waals surface area contributed by atoms with E-state index >= 15 is 0 Å². The summed E-state index contributed by atoms with van der Waals surface area (Å²) < 4.78 is 4.60. The average Bonchev–Trinajstić information content (AvgIpc) is 2.67. The van der Waals surface area contributed by atoms with Gasteiger partial charge in [-0.3, -0.25) is 10.7 Å². The van der Waals surface area contributed by atoms with E-state index < -0.39 is 6.09 Å². The van der Waals surface area contributed by atoms with Crippen LogP contribution in [0.1, 0.15) is 6.42 Å². The molecule has 0 aromatic heterocycles. The van der Waals surface area contributed by atoms with Crippen molar-refractivity contribution in [3.63, 3.8) is 0 Å². The van der Waals surface area contributed by atoms with Crippen molar-refractivity contribution in [2.75, 3.05) is 13.1 Å². The number of rotatable bonds is 3. The quantitative estimate of drug-likeness (QED) is 0.220. The van der Waals surface area contributed by atoms with Crippen LogP contribution in [0.5, 0.6) is 0 Å². The fourth-order valence-corrected chi connectivity index (χ4v) is 1.42. The summed E-state index contributed by atoms with van der Waals surface area (Å²) in [6.45, 7) is 1.62. The molecule has 0 bridgehead atoms. The van der Waals surface area contributed by atoms with Gasteiger partial charge in [0.15, 0.2) is 7.98 Å². The summed E-state index contributed by atoms with van der Waals surface area (Å²) in [5.74, 6) is 0.276. The Morgan fingerprint density at radius 3 is 3.07 bits per heavy atom. The van der Waals surface area contributed by atoms with Gasteiger partial charge in [0.25, 0.3) is 0 Å². The lowest BCUT2D eigenvalue weighted by Gasteiger charge is -2.11. The number of carbonyl (C=O) groups is 1. The van der Waals surface area contributed by atoms with Gasteiger partial charge < -0.3 is 14.8 Å². The van der Waals surface area contributed by atoms with Gasteiger partial charge in [0.05, 0.1) is 0 Å². The molecule has 1 unspecified atom stereocenters. The first kappa shape index (κ1) is 11.4. The van der Waals surface area contributed by atoms with Crippen molar-refractivity contribution < 1.29 is 9.32 Å². The van der Waals surface area contributed by atoms with E-state index in [1.54, 1.807) is 0 Å². The normalized spacial score (nSPS) is 21.3. The van der Waals surface area contributed by atoms with Gasteiger partial charge in [-0.15, -0.1) is 0 Å². The Hall–Kier alpha value is -0.645. The maximum absolute atomic E-state index is 11.0. The molecule has 76 valence electrons. The van der Waals surface area contributed by atoms with Crippen LogP contribution in [0, 0.1) is 11.3 Å². The molecule has 6 nitrogen and oxygen atoms in total. The van der Waals surface area contributed by atoms with Crippen LogP contribution in [0.25, 0.3) is 0 Å². The topological polar surface area (TPSA) is 86.2 Å². The average molecular weight is 214 g/mol. The van der Waals surface area contributed by atoms with Crippen molar-refractivity contribution >= 4 is 28.9 Å². The van der Waals surface area contributed by atoms with Crippen LogP contribution >= 0.6 is 8.96 Å². The summed E-state index contributed by atoms with van der Waals surface area (Å²) in [5, 5.41) is 13.0. The Kier molecular flexibility index (Phi) is 4.86. The van der Waals surface area contributed by atoms with E-state index in [0.717, 1.165) is 19.5 Å². The summed E-state index contributed by atoms with van der Waals surface area (Å²) >= 11 is 0. The molecule has 1 aliphatic heterocycles. The van der Waals surface area contributed by atoms with Gasteiger partial charge >= 0.3 is 6.09 Å². The fraction of sp³-hybridized carbons (Fsp3) is 0.667. The summed E-state index contributed by atoms with van der Waals surface area (Å²) in [6.07, 6.45) is 0.231. The second-order valence-electron chi connectivity index (χ2n) is 2.86. The van der Waals surface area contributed by atoms with Crippen molar-refractivity contribution in [2.45, 2.75) is 6.42 Å². The molecule has 0 aromatic carbocycles. The molecule has 0 aromatic rings. The lowest BCUT2D eigenvalue weighted by molar-refractivity contribution is 0.211. The van der Waals surface area contributed by atoms with Gasteiger partial charge in [-0.25, -0.2) is 4.79 Å². The Labute approximate surface area is 85.4 Å². The monoisotopic (exact) mass is 214 g/mol. The summed E-state index contributed by atoms with van der Waals surface area (Å²) in [4.78, 5) is 13.2. The second-order valence-corrected chi connectivity index (χ2v) is 3.56. The number of hydrogen-bond acceptors (Lipinski definition) is 5. The highest BCUT2D eigenvalue weighted by atomic mass is 31.1. The molecule has 1 fully saturated rings. The molecule has 8 heteroatoms. The van der Waals surface area contributed by atoms with Gasteiger partial charge in [-0.2, -0.15) is 0 Å². The molecule has 0 aliphatic carbocycles. The van der Waals surface area contributed by atoms with Crippen molar-refractivity contribution in [1.82, 2.24) is 15.6 Å². The zero-order valence-electron chi connectivity index (χ0n) is 7.59. The van der Waals surface area contributed by atoms with Gasteiger partial charge in [0.2, 0.25) is 0 Å². The molecule has 4 N–H and O–H groups in total. The van der Waals surface area contributed by atoms with Crippen LogP contribution in [-0.2, 0) is 4.52 Å². The van der Waals surface area contributed by atoms with Crippen LogP contribution in [0.4, 0.5) is 4.79 Å². The van der Waals surface area contributed by atoms with E-state index in [1.165, 1.54) is 0 Å². The third kappa shape index (κ3) is 3.61. The summed E-state index contributed by atoms with van der Waals surface area (Å²) in [6, 6.07) is 0. The first-order valence-corrected chi connectivity index (χ1v) is 5.12. The van der Waals surface area contributed by atoms with E-state index in [9.17, 15) is 4.79 Å². The Bertz CT molecular complexity index is 222. The Morgan fingerprint density at radius 2 is 2.50 bits per heavy atom. The molecule has 1 saturated heterocycles. The summed E-state index contributed by atoms with van der Waals surface area (Å²) in [5.41, 5.74) is 0. The predicted molar refractivity (Wildman–Crippen MR) is 55.5 cm³/mol. The van der Waals surface area contributed by atoms with E-state index in [0.29, 0.717) is 0 Å². The Morgan fingerprint density at radius 1 is 1.71 bits per heavy atom. The van der Waals surface area contributed by atoms with Crippen molar-refractivity contribution in [3.05, 3.63) is 0 Å². The number of hydrogen-bond donors (Lipinski definition) is 4. The molecule has 0 saturated carbocycles. The van der Waals surface area contributed by atoms with E-state index in [2.05, 4.69) is 20.2 Å². The molecular weight excluding hydrogens is 202 g/mol. The van der Waals surface area contributed by atoms with E-state index in [4.69, 9.17) is 13.4 Å². The third-order valence-corrected chi connectivity index (χ3v) is 2.31. The molecule has 14 heavy (non-hydrogen) atoms. The van der Waals surface area contributed by atoms with Crippen molar-refractivity contribution in [3.8, 4) is 0 Å². The molecule has 1 rings (SSSR count). The highest BCUT2D eigenvalue weighted by Gasteiger charge is 2.20. The van der Waals surface area contributed by atoms with Crippen molar-refractivity contribution in [2.24, 2.45) is 5.92 Å². The standard InChI is InChI=1S/C6H12BN4O2P/c7-11-14-13-6(12)10-5(8)4-1-2-9-3-4/h4,9,11,14H,1-3H2,(H2,8,10,12)/t4-/m1/s1. The van der Waals surface area contributed by atoms with Crippen LogP contribution < -0.4 is 15.6 Å². The predicted octanol–water partition coefficient (Wildman–Crippen LogP) is -0.519. The number of carbonyl (C=O) groups excluding carboxylic acids is 1. The first-order chi connectivity index (χ1) is 6.74. The van der Waals surface area contributed by atoms with Crippen LogP contribution in [0.15, 0.2) is 0 Å². The first-order valence-electron chi connectivity index (χ1n) is 4.21. The molecular formula is C6H12BN4O2P. The van der Waals surface area contributed by atoms with Gasteiger partial charge in [0.1, 0.15) is 14.8 Å². The zero-order chi connectivity index (χ0) is 10.4. The van der Waals surface area contributed by atoms with Gasteiger partial charge in [-0.1, -0.05) is 0 Å². The summed E-state index contributed by atoms with van der Waals surface area (Å²) in [7, 11) is 4.63. The van der Waals surface area contributed by atoms with Gasteiger partial charge in [-0.05, 0) is 13.0 Å². The minimum absolute atomic E-state index is 0.0803. The number of amidine groups is 1. The smallest absolute Gasteiger partial charge is 0.416 e. The van der Waals surface area contributed by atoms with Gasteiger partial charge in [0, 0.05) is 12.5 Å². The fourth-order valence-electron chi connectivity index (χ4n) is 1.21. The van der Waals surface area contributed by atoms with Crippen molar-refractivity contribution in [1.29, 1.82) is 5.41 Å². The van der Waals surface area contributed by atoms with Crippen LogP contribution in [0.2, 0.25) is 0 Å². The lowest BCUT2D eigenvalue weighted by Crippen LogP contribution is -2.35. The zero-order valence-corrected chi connectivity index (χ0v) is 8.59. The Balaban J connectivity index is 2.21. The number of amides is 1. The number of nitrogens with one attached hydrogen (secondary N) is 4. The van der Waals surface area contributed by atoms with E-state index in [-0.39, 0.29) is 20.7 Å².